The molecule has 0 aliphatic carbocycles. The van der Waals surface area contributed by atoms with Crippen LogP contribution in [-0.4, -0.2) is 38.0 Å². The second kappa shape index (κ2) is 9.34. The predicted molar refractivity (Wildman–Crippen MR) is 121 cm³/mol. The van der Waals surface area contributed by atoms with Crippen LogP contribution in [0.25, 0.3) is 0 Å². The molecule has 1 amide bonds. The summed E-state index contributed by atoms with van der Waals surface area (Å²) in [5.74, 6) is -4.23. The molecule has 2 aliphatic rings. The van der Waals surface area contributed by atoms with E-state index >= 15 is 0 Å². The summed E-state index contributed by atoms with van der Waals surface area (Å²) in [6.07, 6.45) is -0.537. The number of amides is 1. The van der Waals surface area contributed by atoms with E-state index < -0.39 is 47.1 Å². The molecular weight excluding hydrogens is 456 g/mol. The van der Waals surface area contributed by atoms with Crippen molar-refractivity contribution in [2.45, 2.75) is 18.4 Å². The van der Waals surface area contributed by atoms with Crippen LogP contribution in [0.5, 0.6) is 0 Å². The molecule has 0 fully saturated rings. The van der Waals surface area contributed by atoms with Gasteiger partial charge in [-0.15, -0.1) is 0 Å². The number of methoxy groups -OCH3 is 2. The molecular formula is C25H22N2O8. The molecule has 0 bridgehead atoms. The number of para-hydroxylation sites is 1. The third-order valence-electron chi connectivity index (χ3n) is 5.77. The molecule has 0 unspecified atom stereocenters. The lowest BCUT2D eigenvalue weighted by molar-refractivity contribution is -0.143. The first-order valence-corrected chi connectivity index (χ1v) is 10.5. The Morgan fingerprint density at radius 3 is 2.31 bits per heavy atom. The quantitative estimate of drug-likeness (QED) is 0.469. The van der Waals surface area contributed by atoms with Crippen LogP contribution in [0.15, 0.2) is 77.4 Å². The Balaban J connectivity index is 1.92. The maximum Gasteiger partial charge on any atom is 0.341 e. The summed E-state index contributed by atoms with van der Waals surface area (Å²) >= 11 is 0. The smallest absolute Gasteiger partial charge is 0.341 e. The number of carbonyl (C=O) groups is 4. The van der Waals surface area contributed by atoms with Gasteiger partial charge in [0.15, 0.2) is 0 Å². The lowest BCUT2D eigenvalue weighted by Crippen LogP contribution is -2.48. The molecule has 1 spiro atoms. The van der Waals surface area contributed by atoms with Crippen LogP contribution in [0.1, 0.15) is 17.5 Å². The van der Waals surface area contributed by atoms with Gasteiger partial charge in [0, 0.05) is 11.3 Å². The molecule has 1 atom stereocenters. The van der Waals surface area contributed by atoms with E-state index in [0.29, 0.717) is 11.3 Å². The maximum atomic E-state index is 13.7. The van der Waals surface area contributed by atoms with Crippen LogP contribution >= 0.6 is 0 Å². The fraction of sp³-hybridized carbons (Fsp3) is 0.200. The summed E-state index contributed by atoms with van der Waals surface area (Å²) in [5, 5.41) is 2.68. The summed E-state index contributed by atoms with van der Waals surface area (Å²) in [4.78, 5) is 52.3. The molecule has 2 aliphatic heterocycles. The van der Waals surface area contributed by atoms with E-state index in [1.165, 1.54) is 0 Å². The van der Waals surface area contributed by atoms with Gasteiger partial charge in [0.1, 0.15) is 35.3 Å². The molecule has 10 heteroatoms. The van der Waals surface area contributed by atoms with Crippen molar-refractivity contribution in [3.05, 3.63) is 88.5 Å². The number of fused-ring (bicyclic) bond motifs is 2. The zero-order valence-corrected chi connectivity index (χ0v) is 19.0. The topological polar surface area (TPSA) is 143 Å². The minimum absolute atomic E-state index is 0.123. The number of anilines is 1. The predicted octanol–water partition coefficient (Wildman–Crippen LogP) is 1.81. The SMILES string of the molecule is COC(=O)CC1=C(C(=O)OC)[C@]2(C(=O)Nc3ccccc32)C(C(=O)OCc2ccccc2)=C(N)O1. The van der Waals surface area contributed by atoms with Crippen LogP contribution in [0, 0.1) is 0 Å². The Hall–Kier alpha value is -4.60. The Kier molecular flexibility index (Phi) is 6.28. The number of hydrogen-bond donors (Lipinski definition) is 2. The number of ether oxygens (including phenoxy) is 4. The van der Waals surface area contributed by atoms with Gasteiger partial charge < -0.3 is 30.0 Å². The fourth-order valence-corrected chi connectivity index (χ4v) is 4.25. The number of nitrogens with one attached hydrogen (secondary N) is 1. The Morgan fingerprint density at radius 1 is 0.943 bits per heavy atom. The number of benzene rings is 2. The molecule has 2 aromatic rings. The molecule has 2 heterocycles. The van der Waals surface area contributed by atoms with Gasteiger partial charge in [-0.05, 0) is 11.6 Å². The van der Waals surface area contributed by atoms with Crippen molar-refractivity contribution in [3.63, 3.8) is 0 Å². The molecule has 3 N–H and O–H groups in total. The average Bonchev–Trinajstić information content (AvgIpc) is 3.14. The van der Waals surface area contributed by atoms with Crippen LogP contribution in [-0.2, 0) is 50.1 Å². The summed E-state index contributed by atoms with van der Waals surface area (Å²) < 4.78 is 20.7. The van der Waals surface area contributed by atoms with Gasteiger partial charge in [-0.25, -0.2) is 9.59 Å². The van der Waals surface area contributed by atoms with E-state index in [-0.39, 0.29) is 23.5 Å². The normalized spacial score (nSPS) is 18.5. The molecule has 0 aromatic heterocycles. The molecule has 0 saturated heterocycles. The first kappa shape index (κ1) is 23.6. The minimum Gasteiger partial charge on any atom is -0.469 e. The van der Waals surface area contributed by atoms with Crippen LogP contribution < -0.4 is 11.1 Å². The van der Waals surface area contributed by atoms with Crippen LogP contribution in [0.2, 0.25) is 0 Å². The van der Waals surface area contributed by atoms with Gasteiger partial charge in [-0.2, -0.15) is 0 Å². The Labute approximate surface area is 200 Å². The largest absolute Gasteiger partial charge is 0.469 e. The summed E-state index contributed by atoms with van der Waals surface area (Å²) in [6, 6.07) is 15.4. The molecule has 2 aromatic carbocycles. The van der Waals surface area contributed by atoms with Crippen molar-refractivity contribution in [1.82, 2.24) is 0 Å². The highest BCUT2D eigenvalue weighted by molar-refractivity contribution is 6.21. The van der Waals surface area contributed by atoms with Crippen molar-refractivity contribution < 1.29 is 38.1 Å². The van der Waals surface area contributed by atoms with Crippen LogP contribution in [0.3, 0.4) is 0 Å². The van der Waals surface area contributed by atoms with Gasteiger partial charge in [-0.3, -0.25) is 9.59 Å². The molecule has 4 rings (SSSR count). The van der Waals surface area contributed by atoms with Crippen molar-refractivity contribution in [1.29, 1.82) is 0 Å². The number of rotatable bonds is 6. The zero-order valence-electron chi connectivity index (χ0n) is 19.0. The molecule has 0 saturated carbocycles. The number of carbonyl (C=O) groups excluding carboxylic acids is 4. The highest BCUT2D eigenvalue weighted by atomic mass is 16.5. The van der Waals surface area contributed by atoms with Crippen molar-refractivity contribution in [2.24, 2.45) is 5.73 Å². The second-order valence-corrected chi connectivity index (χ2v) is 7.70. The third-order valence-corrected chi connectivity index (χ3v) is 5.77. The molecule has 10 nitrogen and oxygen atoms in total. The van der Waals surface area contributed by atoms with Gasteiger partial charge in [-0.1, -0.05) is 48.5 Å². The molecule has 35 heavy (non-hydrogen) atoms. The van der Waals surface area contributed by atoms with E-state index in [4.69, 9.17) is 24.7 Å². The standard InChI is InChI=1S/C25H22N2O8/c1-32-18(28)12-17-19(22(29)33-2)25(15-10-6-7-11-16(15)27-24(25)31)20(21(26)35-17)23(30)34-13-14-8-4-3-5-9-14/h3-11H,12-13,26H2,1-2H3,(H,27,31)/t25-/m0/s1. The van der Waals surface area contributed by atoms with E-state index in [0.717, 1.165) is 14.2 Å². The third kappa shape index (κ3) is 3.88. The van der Waals surface area contributed by atoms with E-state index in [9.17, 15) is 19.2 Å². The number of nitrogens with two attached hydrogens (primary N) is 1. The maximum absolute atomic E-state index is 13.7. The summed E-state index contributed by atoms with van der Waals surface area (Å²) in [6.45, 7) is -0.123. The van der Waals surface area contributed by atoms with Crippen LogP contribution in [0.4, 0.5) is 5.69 Å². The van der Waals surface area contributed by atoms with Crippen molar-refractivity contribution in [3.8, 4) is 0 Å². The highest BCUT2D eigenvalue weighted by Crippen LogP contribution is 2.52. The minimum atomic E-state index is -2.08. The molecule has 180 valence electrons. The molecule has 0 radical (unpaired) electrons. The van der Waals surface area contributed by atoms with Gasteiger partial charge >= 0.3 is 17.9 Å². The van der Waals surface area contributed by atoms with Gasteiger partial charge in [0.2, 0.25) is 11.8 Å². The van der Waals surface area contributed by atoms with Gasteiger partial charge in [0.05, 0.1) is 14.2 Å². The van der Waals surface area contributed by atoms with E-state index in [1.807, 2.05) is 6.07 Å². The van der Waals surface area contributed by atoms with E-state index in [2.05, 4.69) is 5.32 Å². The monoisotopic (exact) mass is 478 g/mol. The number of esters is 3. The highest BCUT2D eigenvalue weighted by Gasteiger charge is 2.62. The van der Waals surface area contributed by atoms with Gasteiger partial charge in [0.25, 0.3) is 0 Å². The Morgan fingerprint density at radius 2 is 1.63 bits per heavy atom. The fourth-order valence-electron chi connectivity index (χ4n) is 4.25. The first-order chi connectivity index (χ1) is 16.8. The lowest BCUT2D eigenvalue weighted by Gasteiger charge is -2.35. The average molecular weight is 478 g/mol. The van der Waals surface area contributed by atoms with E-state index in [1.54, 1.807) is 48.5 Å². The van der Waals surface area contributed by atoms with Crippen molar-refractivity contribution >= 4 is 29.5 Å². The summed E-state index contributed by atoms with van der Waals surface area (Å²) in [5.41, 5.74) is 4.62. The zero-order chi connectivity index (χ0) is 25.2. The summed E-state index contributed by atoms with van der Waals surface area (Å²) in [7, 11) is 2.26. The Bertz CT molecular complexity index is 1280. The number of hydrogen-bond acceptors (Lipinski definition) is 9. The second-order valence-electron chi connectivity index (χ2n) is 7.70. The first-order valence-electron chi connectivity index (χ1n) is 10.5. The lowest BCUT2D eigenvalue weighted by atomic mass is 9.67. The van der Waals surface area contributed by atoms with Crippen molar-refractivity contribution in [2.75, 3.05) is 19.5 Å².